The van der Waals surface area contributed by atoms with Crippen molar-refractivity contribution in [3.8, 4) is 0 Å². The van der Waals surface area contributed by atoms with Crippen molar-refractivity contribution in [2.75, 3.05) is 6.54 Å². The number of amides is 2. The molecule has 6 heteroatoms. The number of hydrogen-bond donors (Lipinski definition) is 3. The lowest BCUT2D eigenvalue weighted by Gasteiger charge is -2.34. The number of carbonyl (C=O) groups is 2. The summed E-state index contributed by atoms with van der Waals surface area (Å²) < 4.78 is 0. The molecule has 4 N–H and O–H groups in total. The van der Waals surface area contributed by atoms with E-state index in [1.54, 1.807) is 0 Å². The molecule has 0 radical (unpaired) electrons. The second-order valence-corrected chi connectivity index (χ2v) is 6.29. The molecule has 2 saturated carbocycles. The molecule has 0 spiro atoms. The highest BCUT2D eigenvalue weighted by molar-refractivity contribution is 7.80. The van der Waals surface area contributed by atoms with Crippen LogP contribution in [0.25, 0.3) is 0 Å². The molecule has 20 heavy (non-hydrogen) atoms. The Morgan fingerprint density at radius 1 is 1.20 bits per heavy atom. The third-order valence-electron chi connectivity index (χ3n) is 4.19. The smallest absolute Gasteiger partial charge is 0.233 e. The van der Waals surface area contributed by atoms with E-state index in [2.05, 4.69) is 10.6 Å². The second kappa shape index (κ2) is 6.52. The molecule has 0 atom stereocenters. The molecule has 2 aliphatic rings. The summed E-state index contributed by atoms with van der Waals surface area (Å²) in [4.78, 5) is 24.2. The fourth-order valence-electron chi connectivity index (χ4n) is 2.73. The van der Waals surface area contributed by atoms with Gasteiger partial charge in [0.15, 0.2) is 0 Å². The number of carbonyl (C=O) groups excluding carboxylic acids is 2. The van der Waals surface area contributed by atoms with E-state index in [9.17, 15) is 9.59 Å². The van der Waals surface area contributed by atoms with Crippen LogP contribution in [0.1, 0.15) is 51.4 Å². The van der Waals surface area contributed by atoms with E-state index in [1.165, 1.54) is 0 Å². The van der Waals surface area contributed by atoms with E-state index in [0.29, 0.717) is 19.0 Å². The van der Waals surface area contributed by atoms with Gasteiger partial charge >= 0.3 is 0 Å². The Bertz CT molecular complexity index is 401. The molecule has 0 heterocycles. The first-order valence-corrected chi connectivity index (χ1v) is 7.83. The Balaban J connectivity index is 1.79. The van der Waals surface area contributed by atoms with Crippen molar-refractivity contribution < 1.29 is 9.59 Å². The number of thiocarbonyl (C=S) groups is 1. The number of nitrogens with one attached hydrogen (secondary N) is 2. The average Bonchev–Trinajstić information content (AvgIpc) is 3.23. The molecule has 0 saturated heterocycles. The number of rotatable bonds is 6. The van der Waals surface area contributed by atoms with Crippen molar-refractivity contribution in [1.82, 2.24) is 10.6 Å². The third-order valence-corrected chi connectivity index (χ3v) is 4.58. The maximum atomic E-state index is 12.4. The van der Waals surface area contributed by atoms with Gasteiger partial charge in [-0.25, -0.2) is 0 Å². The molecule has 0 aromatic carbocycles. The summed E-state index contributed by atoms with van der Waals surface area (Å²) in [5, 5.41) is 5.73. The van der Waals surface area contributed by atoms with Crippen LogP contribution in [0, 0.1) is 5.41 Å². The van der Waals surface area contributed by atoms with Gasteiger partial charge in [0.1, 0.15) is 0 Å². The minimum Gasteiger partial charge on any atom is -0.392 e. The largest absolute Gasteiger partial charge is 0.392 e. The zero-order chi connectivity index (χ0) is 14.6. The molecule has 0 aliphatic heterocycles. The summed E-state index contributed by atoms with van der Waals surface area (Å²) in [5.41, 5.74) is 5.11. The van der Waals surface area contributed by atoms with Crippen LogP contribution < -0.4 is 16.4 Å². The van der Waals surface area contributed by atoms with E-state index in [0.717, 1.165) is 44.9 Å². The summed E-state index contributed by atoms with van der Waals surface area (Å²) in [6.07, 6.45) is 6.99. The Labute approximate surface area is 125 Å². The minimum absolute atomic E-state index is 0.000758. The van der Waals surface area contributed by atoms with Gasteiger partial charge in [-0.1, -0.05) is 31.5 Å². The monoisotopic (exact) mass is 297 g/mol. The van der Waals surface area contributed by atoms with Gasteiger partial charge in [0, 0.05) is 19.0 Å². The van der Waals surface area contributed by atoms with Gasteiger partial charge in [-0.05, 0) is 25.7 Å². The molecule has 2 fully saturated rings. The fraction of sp³-hybridized carbons (Fsp3) is 0.786. The summed E-state index contributed by atoms with van der Waals surface area (Å²) in [5.74, 6) is -0.107. The molecule has 0 bridgehead atoms. The van der Waals surface area contributed by atoms with Gasteiger partial charge in [-0.2, -0.15) is 0 Å². The number of nitrogens with two attached hydrogens (primary N) is 1. The zero-order valence-electron chi connectivity index (χ0n) is 11.7. The lowest BCUT2D eigenvalue weighted by atomic mass is 9.73. The Morgan fingerprint density at radius 2 is 1.85 bits per heavy atom. The van der Waals surface area contributed by atoms with E-state index < -0.39 is 5.41 Å². The molecular formula is C14H23N3O2S. The third kappa shape index (κ3) is 3.69. The summed E-state index contributed by atoms with van der Waals surface area (Å²) in [6.45, 7) is 0.349. The van der Waals surface area contributed by atoms with E-state index >= 15 is 0 Å². The van der Waals surface area contributed by atoms with E-state index in [4.69, 9.17) is 18.0 Å². The standard InChI is InChI=1S/C14H23N3O2S/c15-12(20)14(7-2-1-3-8-14)13(19)16-9-6-11(18)17-10-4-5-10/h10H,1-9H2,(H2,15,20)(H,16,19)(H,17,18). The van der Waals surface area contributed by atoms with Crippen LogP contribution in [0.2, 0.25) is 0 Å². The van der Waals surface area contributed by atoms with Crippen LogP contribution in [-0.2, 0) is 9.59 Å². The maximum Gasteiger partial charge on any atom is 0.233 e. The van der Waals surface area contributed by atoms with Crippen molar-refractivity contribution in [2.45, 2.75) is 57.4 Å². The van der Waals surface area contributed by atoms with Crippen molar-refractivity contribution in [1.29, 1.82) is 0 Å². The number of hydrogen-bond acceptors (Lipinski definition) is 3. The first-order valence-electron chi connectivity index (χ1n) is 7.42. The van der Waals surface area contributed by atoms with Gasteiger partial charge in [-0.3, -0.25) is 9.59 Å². The Hall–Kier alpha value is -1.17. The van der Waals surface area contributed by atoms with E-state index in [1.807, 2.05) is 0 Å². The van der Waals surface area contributed by atoms with Crippen LogP contribution in [0.5, 0.6) is 0 Å². The molecule has 2 rings (SSSR count). The van der Waals surface area contributed by atoms with Crippen LogP contribution in [0.4, 0.5) is 0 Å². The predicted molar refractivity (Wildman–Crippen MR) is 81.1 cm³/mol. The van der Waals surface area contributed by atoms with Gasteiger partial charge in [-0.15, -0.1) is 0 Å². The van der Waals surface area contributed by atoms with Crippen molar-refractivity contribution in [3.63, 3.8) is 0 Å². The molecule has 0 aromatic heterocycles. The molecule has 0 unspecified atom stereocenters. The van der Waals surface area contributed by atoms with Gasteiger partial charge in [0.05, 0.1) is 10.4 Å². The van der Waals surface area contributed by atoms with E-state index in [-0.39, 0.29) is 16.8 Å². The molecule has 2 amide bonds. The highest BCUT2D eigenvalue weighted by Crippen LogP contribution is 2.36. The summed E-state index contributed by atoms with van der Waals surface area (Å²) in [7, 11) is 0. The minimum atomic E-state index is -0.694. The lowest BCUT2D eigenvalue weighted by molar-refractivity contribution is -0.129. The Morgan fingerprint density at radius 3 is 2.40 bits per heavy atom. The summed E-state index contributed by atoms with van der Waals surface area (Å²) in [6, 6.07) is 0.361. The molecular weight excluding hydrogens is 274 g/mol. The lowest BCUT2D eigenvalue weighted by Crippen LogP contribution is -2.50. The highest BCUT2D eigenvalue weighted by atomic mass is 32.1. The summed E-state index contributed by atoms with van der Waals surface area (Å²) >= 11 is 5.11. The van der Waals surface area contributed by atoms with Gasteiger partial charge in [0.25, 0.3) is 0 Å². The van der Waals surface area contributed by atoms with Crippen LogP contribution in [0.15, 0.2) is 0 Å². The van der Waals surface area contributed by atoms with Crippen molar-refractivity contribution in [3.05, 3.63) is 0 Å². The quantitative estimate of drug-likeness (QED) is 0.639. The van der Waals surface area contributed by atoms with Crippen LogP contribution in [-0.4, -0.2) is 29.4 Å². The topological polar surface area (TPSA) is 84.2 Å². The first kappa shape index (κ1) is 15.2. The molecule has 2 aliphatic carbocycles. The molecule has 5 nitrogen and oxygen atoms in total. The Kier molecular flexibility index (Phi) is 4.96. The SMILES string of the molecule is NC(=S)C1(C(=O)NCCC(=O)NC2CC2)CCCCC1. The van der Waals surface area contributed by atoms with Crippen molar-refractivity contribution >= 4 is 29.0 Å². The first-order chi connectivity index (χ1) is 9.54. The maximum absolute atomic E-state index is 12.4. The van der Waals surface area contributed by atoms with Gasteiger partial charge in [0.2, 0.25) is 11.8 Å². The fourth-order valence-corrected chi connectivity index (χ4v) is 3.02. The molecule has 0 aromatic rings. The molecule has 112 valence electrons. The van der Waals surface area contributed by atoms with Crippen LogP contribution in [0.3, 0.4) is 0 Å². The van der Waals surface area contributed by atoms with Crippen molar-refractivity contribution in [2.24, 2.45) is 11.1 Å². The predicted octanol–water partition coefficient (Wildman–Crippen LogP) is 1.01. The van der Waals surface area contributed by atoms with Gasteiger partial charge < -0.3 is 16.4 Å². The second-order valence-electron chi connectivity index (χ2n) is 5.85. The zero-order valence-corrected chi connectivity index (χ0v) is 12.6. The average molecular weight is 297 g/mol. The van der Waals surface area contributed by atoms with Crippen LogP contribution >= 0.6 is 12.2 Å². The highest BCUT2D eigenvalue weighted by Gasteiger charge is 2.42. The normalized spacial score (nSPS) is 21.0.